The van der Waals surface area contributed by atoms with Gasteiger partial charge in [0.1, 0.15) is 5.75 Å². The second kappa shape index (κ2) is 9.61. The predicted molar refractivity (Wildman–Crippen MR) is 114 cm³/mol. The minimum Gasteiger partial charge on any atom is -0.497 e. The summed E-state index contributed by atoms with van der Waals surface area (Å²) in [6.07, 6.45) is 1.29. The molecule has 29 heavy (non-hydrogen) atoms. The number of hydrogen-bond donors (Lipinski definition) is 1. The fourth-order valence-electron chi connectivity index (χ4n) is 3.33. The van der Waals surface area contributed by atoms with Gasteiger partial charge in [0, 0.05) is 24.7 Å². The van der Waals surface area contributed by atoms with Crippen LogP contribution in [0.25, 0.3) is 0 Å². The van der Waals surface area contributed by atoms with Gasteiger partial charge in [-0.2, -0.15) is 4.31 Å². The summed E-state index contributed by atoms with van der Waals surface area (Å²) in [5.74, 6) is 0.666. The van der Waals surface area contributed by atoms with Crippen LogP contribution in [-0.4, -0.2) is 44.6 Å². The molecule has 0 saturated heterocycles. The lowest BCUT2D eigenvalue weighted by molar-refractivity contribution is -0.120. The molecule has 1 N–H and O–H groups in total. The Bertz CT molecular complexity index is 961. The number of ether oxygens (including phenoxy) is 1. The zero-order valence-electron chi connectivity index (χ0n) is 16.4. The van der Waals surface area contributed by atoms with Gasteiger partial charge in [-0.05, 0) is 53.8 Å². The van der Waals surface area contributed by atoms with Crippen LogP contribution in [0.2, 0.25) is 5.02 Å². The van der Waals surface area contributed by atoms with Gasteiger partial charge in [0.05, 0.1) is 19.3 Å². The molecule has 2 aromatic carbocycles. The quantitative estimate of drug-likeness (QED) is 0.645. The van der Waals surface area contributed by atoms with Crippen LogP contribution in [0.1, 0.15) is 23.1 Å². The number of fused-ring (bicyclic) bond motifs is 1. The van der Waals surface area contributed by atoms with E-state index in [0.717, 1.165) is 22.4 Å². The monoisotopic (exact) mass is 436 g/mol. The van der Waals surface area contributed by atoms with Crippen molar-refractivity contribution in [3.63, 3.8) is 0 Å². The molecule has 8 heteroatoms. The Morgan fingerprint density at radius 3 is 2.66 bits per heavy atom. The zero-order chi connectivity index (χ0) is 20.9. The molecule has 0 saturated carbocycles. The summed E-state index contributed by atoms with van der Waals surface area (Å²) >= 11 is 5.83. The molecule has 1 amide bonds. The number of rotatable bonds is 8. The first-order valence-corrected chi connectivity index (χ1v) is 11.5. The van der Waals surface area contributed by atoms with E-state index >= 15 is 0 Å². The van der Waals surface area contributed by atoms with Crippen molar-refractivity contribution in [1.29, 1.82) is 0 Å². The highest BCUT2D eigenvalue weighted by Crippen LogP contribution is 2.25. The standard InChI is InChI=1S/C21H25ClN2O4S/c1-28-20-8-5-18-15-24(11-9-17(18)14-20)29(26,27)12-2-10-23-21(25)13-16-3-6-19(22)7-4-16/h3-8,14H,2,9-13,15H2,1H3,(H,23,25). The van der Waals surface area contributed by atoms with Crippen LogP contribution in [0.15, 0.2) is 42.5 Å². The Kier molecular flexibility index (Phi) is 7.16. The van der Waals surface area contributed by atoms with Gasteiger partial charge >= 0.3 is 0 Å². The third-order valence-corrected chi connectivity index (χ3v) is 7.12. The zero-order valence-corrected chi connectivity index (χ0v) is 17.9. The highest BCUT2D eigenvalue weighted by molar-refractivity contribution is 7.89. The number of nitrogens with zero attached hydrogens (tertiary/aromatic N) is 1. The van der Waals surface area contributed by atoms with Gasteiger partial charge in [-0.25, -0.2) is 8.42 Å². The first-order chi connectivity index (χ1) is 13.9. The average Bonchev–Trinajstić information content (AvgIpc) is 2.72. The molecule has 0 unspecified atom stereocenters. The summed E-state index contributed by atoms with van der Waals surface area (Å²) in [7, 11) is -1.75. The van der Waals surface area contributed by atoms with Gasteiger partial charge in [0.25, 0.3) is 0 Å². The molecule has 2 aromatic rings. The van der Waals surface area contributed by atoms with E-state index < -0.39 is 10.0 Å². The van der Waals surface area contributed by atoms with E-state index in [-0.39, 0.29) is 18.1 Å². The molecule has 156 valence electrons. The molecule has 0 aromatic heterocycles. The molecular weight excluding hydrogens is 412 g/mol. The number of amides is 1. The van der Waals surface area contributed by atoms with Crippen molar-refractivity contribution in [2.75, 3.05) is 26.0 Å². The molecule has 0 aliphatic carbocycles. The normalized spacial score (nSPS) is 14.3. The Morgan fingerprint density at radius 2 is 1.93 bits per heavy atom. The second-order valence-corrected chi connectivity index (χ2v) is 9.57. The summed E-state index contributed by atoms with van der Waals surface area (Å²) in [5, 5.41) is 3.40. The minimum absolute atomic E-state index is 0.0136. The van der Waals surface area contributed by atoms with Crippen molar-refractivity contribution in [2.24, 2.45) is 0 Å². The van der Waals surface area contributed by atoms with Crippen molar-refractivity contribution in [3.8, 4) is 5.75 Å². The summed E-state index contributed by atoms with van der Waals surface area (Å²) in [6, 6.07) is 12.8. The van der Waals surface area contributed by atoms with E-state index in [9.17, 15) is 13.2 Å². The average molecular weight is 437 g/mol. The third-order valence-electron chi connectivity index (χ3n) is 4.96. The SMILES string of the molecule is COc1ccc2c(c1)CCN(S(=O)(=O)CCCNC(=O)Cc1ccc(Cl)cc1)C2. The summed E-state index contributed by atoms with van der Waals surface area (Å²) in [5.41, 5.74) is 3.00. The van der Waals surface area contributed by atoms with Crippen LogP contribution in [0.4, 0.5) is 0 Å². The van der Waals surface area contributed by atoms with Gasteiger partial charge in [0.2, 0.25) is 15.9 Å². The summed E-state index contributed by atoms with van der Waals surface area (Å²) < 4.78 is 32.1. The lowest BCUT2D eigenvalue weighted by atomic mass is 10.0. The molecule has 0 fully saturated rings. The second-order valence-electron chi connectivity index (χ2n) is 7.04. The topological polar surface area (TPSA) is 75.7 Å². The fraction of sp³-hybridized carbons (Fsp3) is 0.381. The van der Waals surface area contributed by atoms with Crippen LogP contribution in [0, 0.1) is 0 Å². The van der Waals surface area contributed by atoms with Crippen LogP contribution in [0.3, 0.4) is 0 Å². The van der Waals surface area contributed by atoms with E-state index in [1.54, 1.807) is 31.4 Å². The van der Waals surface area contributed by atoms with Crippen molar-refractivity contribution in [1.82, 2.24) is 9.62 Å². The maximum atomic E-state index is 12.7. The Morgan fingerprint density at radius 1 is 1.17 bits per heavy atom. The van der Waals surface area contributed by atoms with Gasteiger partial charge in [-0.3, -0.25) is 4.79 Å². The maximum Gasteiger partial charge on any atom is 0.224 e. The number of sulfonamides is 1. The molecule has 0 atom stereocenters. The fourth-order valence-corrected chi connectivity index (χ4v) is 4.93. The van der Waals surface area contributed by atoms with Crippen LogP contribution >= 0.6 is 11.6 Å². The lowest BCUT2D eigenvalue weighted by Crippen LogP contribution is -2.38. The first-order valence-electron chi connectivity index (χ1n) is 9.52. The highest BCUT2D eigenvalue weighted by atomic mass is 35.5. The molecule has 6 nitrogen and oxygen atoms in total. The number of nitrogens with one attached hydrogen (secondary N) is 1. The summed E-state index contributed by atoms with van der Waals surface area (Å²) in [6.45, 7) is 1.17. The van der Waals surface area contributed by atoms with Gasteiger partial charge in [0.15, 0.2) is 0 Å². The van der Waals surface area contributed by atoms with Gasteiger partial charge in [-0.15, -0.1) is 0 Å². The van der Waals surface area contributed by atoms with Crippen molar-refractivity contribution in [3.05, 3.63) is 64.2 Å². The third kappa shape index (κ3) is 5.95. The molecule has 0 spiro atoms. The van der Waals surface area contributed by atoms with Crippen LogP contribution in [0.5, 0.6) is 5.75 Å². The van der Waals surface area contributed by atoms with Crippen molar-refractivity contribution in [2.45, 2.75) is 25.8 Å². The maximum absolute atomic E-state index is 12.7. The van der Waals surface area contributed by atoms with E-state index in [1.165, 1.54) is 4.31 Å². The molecule has 3 rings (SSSR count). The Hall–Kier alpha value is -2.09. The van der Waals surface area contributed by atoms with Gasteiger partial charge in [-0.1, -0.05) is 29.8 Å². The molecule has 1 aliphatic heterocycles. The minimum atomic E-state index is -3.37. The van der Waals surface area contributed by atoms with E-state index in [2.05, 4.69) is 5.32 Å². The molecule has 0 radical (unpaired) electrons. The predicted octanol–water partition coefficient (Wildman–Crippen LogP) is 2.79. The number of carbonyl (C=O) groups excluding carboxylic acids is 1. The van der Waals surface area contributed by atoms with Gasteiger partial charge < -0.3 is 10.1 Å². The number of hydrogen-bond acceptors (Lipinski definition) is 4. The van der Waals surface area contributed by atoms with Crippen molar-refractivity contribution < 1.29 is 17.9 Å². The van der Waals surface area contributed by atoms with Crippen LogP contribution in [-0.2, 0) is 34.2 Å². The van der Waals surface area contributed by atoms with E-state index in [0.29, 0.717) is 37.5 Å². The Balaban J connectivity index is 1.45. The van der Waals surface area contributed by atoms with Crippen molar-refractivity contribution >= 4 is 27.5 Å². The molecule has 1 aliphatic rings. The number of carbonyl (C=O) groups is 1. The van der Waals surface area contributed by atoms with E-state index in [4.69, 9.17) is 16.3 Å². The number of halogens is 1. The van der Waals surface area contributed by atoms with E-state index in [1.807, 2.05) is 18.2 Å². The molecular formula is C21H25ClN2O4S. The molecule has 0 bridgehead atoms. The smallest absolute Gasteiger partial charge is 0.224 e. The molecule has 1 heterocycles. The largest absolute Gasteiger partial charge is 0.497 e. The summed E-state index contributed by atoms with van der Waals surface area (Å²) in [4.78, 5) is 12.0. The highest BCUT2D eigenvalue weighted by Gasteiger charge is 2.26. The van der Waals surface area contributed by atoms with Crippen LogP contribution < -0.4 is 10.1 Å². The lowest BCUT2D eigenvalue weighted by Gasteiger charge is -2.28. The number of benzene rings is 2. The Labute approximate surface area is 176 Å². The first kappa shape index (κ1) is 21.6. The number of methoxy groups -OCH3 is 1.